The first-order valence-electron chi connectivity index (χ1n) is 7.07. The summed E-state index contributed by atoms with van der Waals surface area (Å²) in [6.07, 6.45) is 6.79. The molecule has 0 aromatic rings. The Morgan fingerprint density at radius 3 is 2.56 bits per heavy atom. The summed E-state index contributed by atoms with van der Waals surface area (Å²) in [7, 11) is 0. The fraction of sp³-hybridized carbons (Fsp3) is 0.933. The Kier molecular flexibility index (Phi) is 5.51. The maximum Gasteiger partial charge on any atom is 0.136 e. The molecule has 3 unspecified atom stereocenters. The van der Waals surface area contributed by atoms with Crippen molar-refractivity contribution in [2.24, 2.45) is 23.7 Å². The summed E-state index contributed by atoms with van der Waals surface area (Å²) in [5, 5.41) is 0. The molecule has 0 saturated heterocycles. The van der Waals surface area contributed by atoms with Crippen molar-refractivity contribution in [1.29, 1.82) is 0 Å². The molecule has 1 saturated carbocycles. The van der Waals surface area contributed by atoms with Gasteiger partial charge in [0.1, 0.15) is 5.78 Å². The van der Waals surface area contributed by atoms with Crippen molar-refractivity contribution >= 4 is 5.78 Å². The second-order valence-corrected chi connectivity index (χ2v) is 6.07. The van der Waals surface area contributed by atoms with Crippen molar-refractivity contribution in [3.8, 4) is 0 Å². The Labute approximate surface area is 101 Å². The summed E-state index contributed by atoms with van der Waals surface area (Å²) in [6.45, 7) is 9.13. The molecule has 0 bridgehead atoms. The monoisotopic (exact) mass is 224 g/mol. The molecule has 0 aromatic carbocycles. The lowest BCUT2D eigenvalue weighted by molar-refractivity contribution is -0.126. The van der Waals surface area contributed by atoms with Crippen molar-refractivity contribution in [2.75, 3.05) is 0 Å². The van der Waals surface area contributed by atoms with Crippen molar-refractivity contribution < 1.29 is 4.79 Å². The molecule has 3 atom stereocenters. The van der Waals surface area contributed by atoms with Crippen LogP contribution in [0, 0.1) is 23.7 Å². The summed E-state index contributed by atoms with van der Waals surface area (Å²) >= 11 is 0. The van der Waals surface area contributed by atoms with E-state index in [0.29, 0.717) is 11.7 Å². The number of hydrogen-bond donors (Lipinski definition) is 0. The smallest absolute Gasteiger partial charge is 0.136 e. The molecule has 0 aliphatic heterocycles. The van der Waals surface area contributed by atoms with Gasteiger partial charge >= 0.3 is 0 Å². The molecule has 1 aliphatic rings. The average Bonchev–Trinajstić information content (AvgIpc) is 2.21. The number of rotatable bonds is 5. The molecule has 0 spiro atoms. The zero-order valence-corrected chi connectivity index (χ0v) is 11.5. The Hall–Kier alpha value is -0.330. The molecule has 1 rings (SSSR count). The second-order valence-electron chi connectivity index (χ2n) is 6.07. The van der Waals surface area contributed by atoms with Crippen LogP contribution >= 0.6 is 0 Å². The molecular weight excluding hydrogens is 196 g/mol. The average molecular weight is 224 g/mol. The van der Waals surface area contributed by atoms with Gasteiger partial charge in [0, 0.05) is 12.3 Å². The molecule has 0 heterocycles. The lowest BCUT2D eigenvalue weighted by Crippen LogP contribution is -2.28. The van der Waals surface area contributed by atoms with Crippen LogP contribution in [0.4, 0.5) is 0 Å². The van der Waals surface area contributed by atoms with Gasteiger partial charge in [0.2, 0.25) is 0 Å². The molecule has 0 N–H and O–H groups in total. The fourth-order valence-corrected chi connectivity index (χ4v) is 3.08. The van der Waals surface area contributed by atoms with Gasteiger partial charge in [-0.15, -0.1) is 0 Å². The minimum absolute atomic E-state index is 0.377. The van der Waals surface area contributed by atoms with E-state index >= 15 is 0 Å². The van der Waals surface area contributed by atoms with E-state index in [1.807, 2.05) is 0 Å². The van der Waals surface area contributed by atoms with Crippen LogP contribution in [0.2, 0.25) is 0 Å². The Balaban J connectivity index is 2.46. The van der Waals surface area contributed by atoms with Gasteiger partial charge in [-0.1, -0.05) is 40.5 Å². The summed E-state index contributed by atoms with van der Waals surface area (Å²) < 4.78 is 0. The lowest BCUT2D eigenvalue weighted by atomic mass is 9.72. The van der Waals surface area contributed by atoms with Gasteiger partial charge in [0.25, 0.3) is 0 Å². The highest BCUT2D eigenvalue weighted by molar-refractivity contribution is 5.81. The largest absolute Gasteiger partial charge is 0.299 e. The van der Waals surface area contributed by atoms with Crippen LogP contribution in [0.1, 0.15) is 66.2 Å². The zero-order chi connectivity index (χ0) is 12.1. The molecule has 0 amide bonds. The lowest BCUT2D eigenvalue weighted by Gasteiger charge is -2.32. The van der Waals surface area contributed by atoms with E-state index in [-0.39, 0.29) is 0 Å². The van der Waals surface area contributed by atoms with Crippen LogP contribution in [0.15, 0.2) is 0 Å². The Morgan fingerprint density at radius 1 is 1.31 bits per heavy atom. The van der Waals surface area contributed by atoms with E-state index in [2.05, 4.69) is 27.7 Å². The standard InChI is InChI=1S/C15H28O/c1-5-6-12(4)9-14-10-13(11(2)3)7-8-15(14)16/h11-14H,5-10H2,1-4H3. The van der Waals surface area contributed by atoms with Gasteiger partial charge in [-0.25, -0.2) is 0 Å². The van der Waals surface area contributed by atoms with Crippen LogP contribution in [0.3, 0.4) is 0 Å². The number of hydrogen-bond acceptors (Lipinski definition) is 1. The summed E-state index contributed by atoms with van der Waals surface area (Å²) in [5.74, 6) is 3.18. The van der Waals surface area contributed by atoms with Crippen molar-refractivity contribution in [3.05, 3.63) is 0 Å². The van der Waals surface area contributed by atoms with E-state index in [1.54, 1.807) is 0 Å². The van der Waals surface area contributed by atoms with Crippen molar-refractivity contribution in [3.63, 3.8) is 0 Å². The molecular formula is C15H28O. The quantitative estimate of drug-likeness (QED) is 0.674. The molecule has 1 aliphatic carbocycles. The SMILES string of the molecule is CCCC(C)CC1CC(C(C)C)CCC1=O. The van der Waals surface area contributed by atoms with E-state index in [1.165, 1.54) is 12.8 Å². The highest BCUT2D eigenvalue weighted by Crippen LogP contribution is 2.35. The van der Waals surface area contributed by atoms with E-state index in [0.717, 1.165) is 43.4 Å². The summed E-state index contributed by atoms with van der Waals surface area (Å²) in [4.78, 5) is 11.9. The van der Waals surface area contributed by atoms with Gasteiger partial charge in [-0.05, 0) is 37.0 Å². The van der Waals surface area contributed by atoms with Crippen LogP contribution in [-0.4, -0.2) is 5.78 Å². The molecule has 0 radical (unpaired) electrons. The van der Waals surface area contributed by atoms with Crippen LogP contribution < -0.4 is 0 Å². The number of ketones is 1. The Morgan fingerprint density at radius 2 is 2.00 bits per heavy atom. The highest BCUT2D eigenvalue weighted by Gasteiger charge is 2.30. The second kappa shape index (κ2) is 6.42. The van der Waals surface area contributed by atoms with Crippen molar-refractivity contribution in [2.45, 2.75) is 66.2 Å². The minimum Gasteiger partial charge on any atom is -0.299 e. The molecule has 1 heteroatoms. The predicted octanol–water partition coefficient (Wildman–Crippen LogP) is 4.45. The predicted molar refractivity (Wildman–Crippen MR) is 69.4 cm³/mol. The van der Waals surface area contributed by atoms with Crippen LogP contribution in [0.5, 0.6) is 0 Å². The topological polar surface area (TPSA) is 17.1 Å². The number of carbonyl (C=O) groups is 1. The zero-order valence-electron chi connectivity index (χ0n) is 11.5. The molecule has 1 fully saturated rings. The van der Waals surface area contributed by atoms with Gasteiger partial charge in [-0.2, -0.15) is 0 Å². The van der Waals surface area contributed by atoms with Crippen LogP contribution in [-0.2, 0) is 4.79 Å². The fourth-order valence-electron chi connectivity index (χ4n) is 3.08. The maximum atomic E-state index is 11.9. The number of Topliss-reactive ketones (excluding diaryl/α,β-unsaturated/α-hetero) is 1. The Bertz CT molecular complexity index is 219. The maximum absolute atomic E-state index is 11.9. The first-order chi connectivity index (χ1) is 7.54. The van der Waals surface area contributed by atoms with E-state index in [9.17, 15) is 4.79 Å². The minimum atomic E-state index is 0.377. The van der Waals surface area contributed by atoms with Gasteiger partial charge in [0.05, 0.1) is 0 Å². The van der Waals surface area contributed by atoms with E-state index < -0.39 is 0 Å². The molecule has 0 aromatic heterocycles. The first kappa shape index (κ1) is 13.7. The summed E-state index contributed by atoms with van der Waals surface area (Å²) in [5.41, 5.74) is 0. The van der Waals surface area contributed by atoms with Gasteiger partial charge < -0.3 is 0 Å². The van der Waals surface area contributed by atoms with Crippen molar-refractivity contribution in [1.82, 2.24) is 0 Å². The normalized spacial score (nSPS) is 28.4. The molecule has 94 valence electrons. The first-order valence-corrected chi connectivity index (χ1v) is 7.07. The summed E-state index contributed by atoms with van der Waals surface area (Å²) in [6, 6.07) is 0. The van der Waals surface area contributed by atoms with Gasteiger partial charge in [0.15, 0.2) is 0 Å². The molecule has 1 nitrogen and oxygen atoms in total. The highest BCUT2D eigenvalue weighted by atomic mass is 16.1. The van der Waals surface area contributed by atoms with Crippen LogP contribution in [0.25, 0.3) is 0 Å². The third kappa shape index (κ3) is 3.92. The van der Waals surface area contributed by atoms with Gasteiger partial charge in [-0.3, -0.25) is 4.79 Å². The molecule has 16 heavy (non-hydrogen) atoms. The third-order valence-corrected chi connectivity index (χ3v) is 4.22. The third-order valence-electron chi connectivity index (χ3n) is 4.22. The number of carbonyl (C=O) groups excluding carboxylic acids is 1. The van der Waals surface area contributed by atoms with E-state index in [4.69, 9.17) is 0 Å².